The van der Waals surface area contributed by atoms with E-state index in [9.17, 15) is 10.1 Å². The highest BCUT2D eigenvalue weighted by molar-refractivity contribution is 5.99. The van der Waals surface area contributed by atoms with E-state index in [1.165, 1.54) is 4.57 Å². The van der Waals surface area contributed by atoms with Crippen LogP contribution in [0.25, 0.3) is 21.9 Å². The topological polar surface area (TPSA) is 75.2 Å². The summed E-state index contributed by atoms with van der Waals surface area (Å²) >= 11 is 0. The van der Waals surface area contributed by atoms with Gasteiger partial charge in [-0.2, -0.15) is 5.26 Å². The molecule has 1 aromatic heterocycles. The Hall–Kier alpha value is -3.10. The first-order valence-electron chi connectivity index (χ1n) is 8.02. The van der Waals surface area contributed by atoms with Crippen molar-refractivity contribution < 1.29 is 9.84 Å². The van der Waals surface area contributed by atoms with Crippen LogP contribution in [0.2, 0.25) is 0 Å². The second-order valence-electron chi connectivity index (χ2n) is 5.65. The van der Waals surface area contributed by atoms with Gasteiger partial charge in [-0.15, -0.1) is 0 Å². The van der Waals surface area contributed by atoms with Crippen molar-refractivity contribution >= 4 is 10.8 Å². The summed E-state index contributed by atoms with van der Waals surface area (Å²) < 4.78 is 6.75. The number of nitriles is 1. The molecule has 0 radical (unpaired) electrons. The highest BCUT2D eigenvalue weighted by Crippen LogP contribution is 2.32. The number of benzene rings is 2. The second kappa shape index (κ2) is 7.20. The zero-order chi connectivity index (χ0) is 17.8. The summed E-state index contributed by atoms with van der Waals surface area (Å²) in [5.74, 6) is 0.626. The normalized spacial score (nSPS) is 10.6. The van der Waals surface area contributed by atoms with Gasteiger partial charge in [-0.3, -0.25) is 9.36 Å². The van der Waals surface area contributed by atoms with E-state index in [0.29, 0.717) is 40.7 Å². The summed E-state index contributed by atoms with van der Waals surface area (Å²) in [4.78, 5) is 12.9. The molecule has 3 rings (SSSR count). The molecule has 0 bridgehead atoms. The molecule has 0 saturated carbocycles. The minimum atomic E-state index is -0.234. The summed E-state index contributed by atoms with van der Waals surface area (Å²) in [5, 5.41) is 20.1. The highest BCUT2D eigenvalue weighted by Gasteiger charge is 2.18. The molecule has 126 valence electrons. The number of hydrogen-bond donors (Lipinski definition) is 1. The van der Waals surface area contributed by atoms with Crippen LogP contribution in [0, 0.1) is 11.3 Å². The summed E-state index contributed by atoms with van der Waals surface area (Å²) in [6, 6.07) is 16.9. The van der Waals surface area contributed by atoms with E-state index < -0.39 is 0 Å². The lowest BCUT2D eigenvalue weighted by Gasteiger charge is -2.16. The van der Waals surface area contributed by atoms with Gasteiger partial charge >= 0.3 is 0 Å². The lowest BCUT2D eigenvalue weighted by molar-refractivity contribution is 0.279. The Morgan fingerprint density at radius 2 is 1.92 bits per heavy atom. The van der Waals surface area contributed by atoms with Crippen LogP contribution in [0.4, 0.5) is 0 Å². The third-order valence-corrected chi connectivity index (χ3v) is 4.19. The molecule has 1 N–H and O–H groups in total. The summed E-state index contributed by atoms with van der Waals surface area (Å²) in [7, 11) is 1.57. The van der Waals surface area contributed by atoms with Gasteiger partial charge in [-0.25, -0.2) is 0 Å². The quantitative estimate of drug-likeness (QED) is 0.778. The van der Waals surface area contributed by atoms with Crippen LogP contribution in [0.3, 0.4) is 0 Å². The van der Waals surface area contributed by atoms with Crippen molar-refractivity contribution in [2.75, 3.05) is 13.7 Å². The molecule has 0 saturated heterocycles. The third-order valence-electron chi connectivity index (χ3n) is 4.19. The SMILES string of the molecule is COc1ccc2c(=O)n(CCCO)c(C#N)c(-c3ccccc3)c2c1. The first-order valence-corrected chi connectivity index (χ1v) is 8.02. The van der Waals surface area contributed by atoms with Crippen molar-refractivity contribution in [2.45, 2.75) is 13.0 Å². The van der Waals surface area contributed by atoms with E-state index in [2.05, 4.69) is 6.07 Å². The minimum Gasteiger partial charge on any atom is -0.497 e. The van der Waals surface area contributed by atoms with Gasteiger partial charge in [0.1, 0.15) is 17.5 Å². The summed E-state index contributed by atoms with van der Waals surface area (Å²) in [5.41, 5.74) is 1.62. The molecule has 0 aliphatic heterocycles. The van der Waals surface area contributed by atoms with Crippen molar-refractivity contribution in [1.82, 2.24) is 4.57 Å². The van der Waals surface area contributed by atoms with Crippen LogP contribution in [0.5, 0.6) is 5.75 Å². The molecule has 0 atom stereocenters. The van der Waals surface area contributed by atoms with E-state index in [1.807, 2.05) is 30.3 Å². The fourth-order valence-corrected chi connectivity index (χ4v) is 3.01. The average molecular weight is 334 g/mol. The van der Waals surface area contributed by atoms with Gasteiger partial charge in [0.2, 0.25) is 0 Å². The van der Waals surface area contributed by atoms with Crippen LogP contribution < -0.4 is 10.3 Å². The number of nitrogens with zero attached hydrogens (tertiary/aromatic N) is 2. The number of aromatic nitrogens is 1. The maximum Gasteiger partial charge on any atom is 0.259 e. The van der Waals surface area contributed by atoms with E-state index in [1.54, 1.807) is 25.3 Å². The van der Waals surface area contributed by atoms with Gasteiger partial charge in [0.15, 0.2) is 0 Å². The zero-order valence-electron chi connectivity index (χ0n) is 13.9. The van der Waals surface area contributed by atoms with Gasteiger partial charge in [0.05, 0.1) is 7.11 Å². The van der Waals surface area contributed by atoms with Crippen LogP contribution in [-0.4, -0.2) is 23.4 Å². The maximum absolute atomic E-state index is 12.9. The van der Waals surface area contributed by atoms with E-state index in [-0.39, 0.29) is 12.2 Å². The predicted octanol–water partition coefficient (Wildman–Crippen LogP) is 2.93. The molecule has 5 heteroatoms. The Balaban J connectivity index is 2.45. The monoisotopic (exact) mass is 334 g/mol. The Morgan fingerprint density at radius 1 is 1.16 bits per heavy atom. The lowest BCUT2D eigenvalue weighted by Crippen LogP contribution is -2.24. The molecule has 0 amide bonds. The molecule has 3 aromatic rings. The van der Waals surface area contributed by atoms with Crippen LogP contribution in [0.1, 0.15) is 12.1 Å². The fraction of sp³-hybridized carbons (Fsp3) is 0.200. The summed E-state index contributed by atoms with van der Waals surface area (Å²) in [6.07, 6.45) is 0.407. The average Bonchev–Trinajstić information content (AvgIpc) is 2.67. The molecule has 0 spiro atoms. The van der Waals surface area contributed by atoms with Gasteiger partial charge < -0.3 is 9.84 Å². The second-order valence-corrected chi connectivity index (χ2v) is 5.65. The van der Waals surface area contributed by atoms with Crippen molar-refractivity contribution in [3.05, 3.63) is 64.6 Å². The molecular formula is C20H18N2O3. The van der Waals surface area contributed by atoms with Gasteiger partial charge in [0, 0.05) is 29.5 Å². The number of hydrogen-bond acceptors (Lipinski definition) is 4. The molecule has 0 unspecified atom stereocenters. The molecule has 0 aliphatic rings. The number of ether oxygens (including phenoxy) is 1. The number of aliphatic hydroxyl groups is 1. The third kappa shape index (κ3) is 3.00. The Kier molecular flexibility index (Phi) is 4.82. The van der Waals surface area contributed by atoms with Crippen molar-refractivity contribution in [3.63, 3.8) is 0 Å². The maximum atomic E-state index is 12.9. The van der Waals surface area contributed by atoms with Crippen LogP contribution in [0.15, 0.2) is 53.3 Å². The first-order chi connectivity index (χ1) is 12.2. The molecule has 5 nitrogen and oxygen atoms in total. The van der Waals surface area contributed by atoms with Crippen molar-refractivity contribution in [3.8, 4) is 22.9 Å². The van der Waals surface area contributed by atoms with E-state index in [0.717, 1.165) is 5.56 Å². The largest absolute Gasteiger partial charge is 0.497 e. The number of methoxy groups -OCH3 is 1. The molecule has 1 heterocycles. The molecule has 2 aromatic carbocycles. The van der Waals surface area contributed by atoms with Gasteiger partial charge in [-0.1, -0.05) is 30.3 Å². The number of fused-ring (bicyclic) bond motifs is 1. The first kappa shape index (κ1) is 16.7. The number of aliphatic hydroxyl groups excluding tert-OH is 1. The van der Waals surface area contributed by atoms with Crippen molar-refractivity contribution in [2.24, 2.45) is 0 Å². The lowest BCUT2D eigenvalue weighted by atomic mass is 9.96. The van der Waals surface area contributed by atoms with E-state index >= 15 is 0 Å². The smallest absolute Gasteiger partial charge is 0.259 e. The molecule has 25 heavy (non-hydrogen) atoms. The molecule has 0 fully saturated rings. The number of rotatable bonds is 5. The fourth-order valence-electron chi connectivity index (χ4n) is 3.01. The Morgan fingerprint density at radius 3 is 2.56 bits per heavy atom. The standard InChI is InChI=1S/C20H18N2O3/c1-25-15-8-9-16-17(12-15)19(14-6-3-2-4-7-14)18(13-21)22(20(16)24)10-5-11-23/h2-4,6-9,12,23H,5,10-11H2,1H3. The highest BCUT2D eigenvalue weighted by atomic mass is 16.5. The molecular weight excluding hydrogens is 316 g/mol. The van der Waals surface area contributed by atoms with Gasteiger partial charge in [-0.05, 0) is 30.2 Å². The van der Waals surface area contributed by atoms with Gasteiger partial charge in [0.25, 0.3) is 5.56 Å². The zero-order valence-corrected chi connectivity index (χ0v) is 13.9. The Bertz CT molecular complexity index is 1000. The summed E-state index contributed by atoms with van der Waals surface area (Å²) in [6.45, 7) is 0.249. The Labute approximate surface area is 145 Å². The van der Waals surface area contributed by atoms with Crippen LogP contribution >= 0.6 is 0 Å². The molecule has 0 aliphatic carbocycles. The minimum absolute atomic E-state index is 0.0430. The number of pyridine rings is 1. The predicted molar refractivity (Wildman–Crippen MR) is 96.6 cm³/mol. The van der Waals surface area contributed by atoms with Crippen molar-refractivity contribution in [1.29, 1.82) is 5.26 Å². The van der Waals surface area contributed by atoms with E-state index in [4.69, 9.17) is 9.84 Å². The van der Waals surface area contributed by atoms with Crippen LogP contribution in [-0.2, 0) is 6.54 Å².